The summed E-state index contributed by atoms with van der Waals surface area (Å²) in [6.07, 6.45) is -3.29. The highest BCUT2D eigenvalue weighted by Crippen LogP contribution is 2.15. The van der Waals surface area contributed by atoms with Gasteiger partial charge in [0.05, 0.1) is 13.2 Å². The zero-order valence-corrected chi connectivity index (χ0v) is 10.4. The molecule has 1 aromatic carbocycles. The van der Waals surface area contributed by atoms with Crippen LogP contribution in [0.3, 0.4) is 0 Å². The first-order valence-electron chi connectivity index (χ1n) is 5.98. The Hall–Kier alpha value is -1.27. The van der Waals surface area contributed by atoms with Crippen LogP contribution >= 0.6 is 0 Å². The van der Waals surface area contributed by atoms with Crippen LogP contribution in [-0.4, -0.2) is 37.7 Å². The van der Waals surface area contributed by atoms with E-state index in [0.717, 1.165) is 5.56 Å². The molecule has 0 spiro atoms. The van der Waals surface area contributed by atoms with E-state index in [0.29, 0.717) is 25.2 Å². The molecule has 6 heteroatoms. The summed E-state index contributed by atoms with van der Waals surface area (Å²) in [6, 6.07) is 7.21. The van der Waals surface area contributed by atoms with Gasteiger partial charge in [-0.3, -0.25) is 0 Å². The normalized spacial score (nSPS) is 11.6. The van der Waals surface area contributed by atoms with Gasteiger partial charge in [0, 0.05) is 13.0 Å². The summed E-state index contributed by atoms with van der Waals surface area (Å²) in [5, 5.41) is 8.74. The van der Waals surface area contributed by atoms with Crippen LogP contribution in [0.5, 0.6) is 5.75 Å². The van der Waals surface area contributed by atoms with Gasteiger partial charge in [0.1, 0.15) is 12.4 Å². The topological polar surface area (TPSA) is 38.7 Å². The fraction of sp³-hybridized carbons (Fsp3) is 0.538. The fourth-order valence-corrected chi connectivity index (χ4v) is 1.42. The summed E-state index contributed by atoms with van der Waals surface area (Å²) < 4.78 is 45.1. The summed E-state index contributed by atoms with van der Waals surface area (Å²) in [7, 11) is 0. The van der Waals surface area contributed by atoms with Crippen molar-refractivity contribution in [1.82, 2.24) is 0 Å². The third-order valence-electron chi connectivity index (χ3n) is 2.29. The van der Waals surface area contributed by atoms with Crippen molar-refractivity contribution in [3.05, 3.63) is 29.8 Å². The minimum atomic E-state index is -4.27. The van der Waals surface area contributed by atoms with E-state index in [1.807, 2.05) is 12.1 Å². The number of ether oxygens (including phenoxy) is 2. The summed E-state index contributed by atoms with van der Waals surface area (Å²) in [4.78, 5) is 0. The minimum absolute atomic E-state index is 0.0160. The molecule has 0 saturated carbocycles. The minimum Gasteiger partial charge on any atom is -0.494 e. The molecule has 0 unspecified atom stereocenters. The Morgan fingerprint density at radius 1 is 1.05 bits per heavy atom. The molecule has 19 heavy (non-hydrogen) atoms. The molecule has 1 rings (SSSR count). The summed E-state index contributed by atoms with van der Waals surface area (Å²) in [6.45, 7) is -0.807. The lowest BCUT2D eigenvalue weighted by Gasteiger charge is -2.09. The molecule has 0 heterocycles. The summed E-state index contributed by atoms with van der Waals surface area (Å²) in [5.74, 6) is 0.650. The van der Waals surface area contributed by atoms with Crippen molar-refractivity contribution < 1.29 is 27.8 Å². The number of benzene rings is 1. The van der Waals surface area contributed by atoms with Crippen molar-refractivity contribution in [2.24, 2.45) is 0 Å². The smallest absolute Gasteiger partial charge is 0.411 e. The third-order valence-corrected chi connectivity index (χ3v) is 2.29. The van der Waals surface area contributed by atoms with Gasteiger partial charge in [-0.2, -0.15) is 13.2 Å². The first-order chi connectivity index (χ1) is 9.01. The van der Waals surface area contributed by atoms with E-state index < -0.39 is 12.8 Å². The van der Waals surface area contributed by atoms with Crippen molar-refractivity contribution >= 4 is 0 Å². The van der Waals surface area contributed by atoms with E-state index in [9.17, 15) is 13.2 Å². The highest BCUT2D eigenvalue weighted by Gasteiger charge is 2.27. The Labute approximate surface area is 110 Å². The largest absolute Gasteiger partial charge is 0.494 e. The Balaban J connectivity index is 2.12. The van der Waals surface area contributed by atoms with E-state index in [1.165, 1.54) is 0 Å². The lowest BCUT2D eigenvalue weighted by atomic mass is 10.1. The monoisotopic (exact) mass is 278 g/mol. The van der Waals surface area contributed by atoms with E-state index in [2.05, 4.69) is 4.74 Å². The molecule has 0 radical (unpaired) electrons. The second-order valence-electron chi connectivity index (χ2n) is 3.99. The van der Waals surface area contributed by atoms with E-state index in [4.69, 9.17) is 9.84 Å². The number of hydrogen-bond acceptors (Lipinski definition) is 3. The predicted octanol–water partition coefficient (Wildman–Crippen LogP) is 2.57. The molecule has 0 amide bonds. The van der Waals surface area contributed by atoms with Crippen LogP contribution < -0.4 is 4.74 Å². The van der Waals surface area contributed by atoms with Gasteiger partial charge in [0.25, 0.3) is 0 Å². The van der Waals surface area contributed by atoms with Crippen molar-refractivity contribution in [3.8, 4) is 5.75 Å². The number of aliphatic hydroxyl groups excluding tert-OH is 1. The maximum atomic E-state index is 11.8. The number of alkyl halides is 3. The average molecular weight is 278 g/mol. The van der Waals surface area contributed by atoms with Gasteiger partial charge in [-0.25, -0.2) is 0 Å². The second-order valence-corrected chi connectivity index (χ2v) is 3.99. The summed E-state index contributed by atoms with van der Waals surface area (Å²) >= 11 is 0. The van der Waals surface area contributed by atoms with Gasteiger partial charge in [-0.1, -0.05) is 12.1 Å². The van der Waals surface area contributed by atoms with Crippen molar-refractivity contribution in [1.29, 1.82) is 0 Å². The standard InChI is InChI=1S/C13H17F3O3/c14-13(15,16)10-18-8-1-9-19-12-4-2-11(3-5-12)6-7-17/h2-5,17H,1,6-10H2. The molecular weight excluding hydrogens is 261 g/mol. The zero-order valence-electron chi connectivity index (χ0n) is 10.4. The molecule has 1 N–H and O–H groups in total. The first-order valence-corrected chi connectivity index (χ1v) is 5.98. The van der Waals surface area contributed by atoms with Crippen LogP contribution in [0.2, 0.25) is 0 Å². The maximum absolute atomic E-state index is 11.8. The van der Waals surface area contributed by atoms with E-state index in [-0.39, 0.29) is 13.2 Å². The molecular formula is C13H17F3O3. The predicted molar refractivity (Wildman–Crippen MR) is 64.2 cm³/mol. The summed E-state index contributed by atoms with van der Waals surface area (Å²) in [5.41, 5.74) is 1.00. The number of aliphatic hydroxyl groups is 1. The Kier molecular flexibility index (Phi) is 6.66. The molecule has 3 nitrogen and oxygen atoms in total. The van der Waals surface area contributed by atoms with E-state index >= 15 is 0 Å². The number of hydrogen-bond donors (Lipinski definition) is 1. The SMILES string of the molecule is OCCc1ccc(OCCCOCC(F)(F)F)cc1. The molecule has 0 fully saturated rings. The van der Waals surface area contributed by atoms with Gasteiger partial charge in [-0.15, -0.1) is 0 Å². The number of rotatable bonds is 8. The highest BCUT2D eigenvalue weighted by atomic mass is 19.4. The van der Waals surface area contributed by atoms with Crippen LogP contribution in [0.4, 0.5) is 13.2 Å². The molecule has 0 aliphatic heterocycles. The van der Waals surface area contributed by atoms with Gasteiger partial charge >= 0.3 is 6.18 Å². The van der Waals surface area contributed by atoms with Crippen molar-refractivity contribution in [2.75, 3.05) is 26.4 Å². The molecule has 0 aliphatic carbocycles. The van der Waals surface area contributed by atoms with Gasteiger partial charge in [0.2, 0.25) is 0 Å². The Bertz CT molecular complexity index is 349. The molecule has 0 atom stereocenters. The molecule has 108 valence electrons. The molecule has 1 aromatic rings. The van der Waals surface area contributed by atoms with Gasteiger partial charge in [-0.05, 0) is 24.1 Å². The Morgan fingerprint density at radius 3 is 2.32 bits per heavy atom. The van der Waals surface area contributed by atoms with Crippen LogP contribution in [0.1, 0.15) is 12.0 Å². The zero-order chi connectivity index (χ0) is 14.1. The quantitative estimate of drug-likeness (QED) is 0.743. The molecule has 0 aliphatic rings. The molecule has 0 bridgehead atoms. The highest BCUT2D eigenvalue weighted by molar-refractivity contribution is 5.27. The van der Waals surface area contributed by atoms with Crippen LogP contribution in [0.15, 0.2) is 24.3 Å². The van der Waals surface area contributed by atoms with Crippen LogP contribution in [-0.2, 0) is 11.2 Å². The molecule has 0 saturated heterocycles. The number of halogens is 3. The first kappa shape index (κ1) is 15.8. The van der Waals surface area contributed by atoms with Gasteiger partial charge in [0.15, 0.2) is 0 Å². The lowest BCUT2D eigenvalue weighted by Crippen LogP contribution is -2.18. The van der Waals surface area contributed by atoms with Crippen LogP contribution in [0, 0.1) is 0 Å². The van der Waals surface area contributed by atoms with E-state index in [1.54, 1.807) is 12.1 Å². The van der Waals surface area contributed by atoms with Crippen molar-refractivity contribution in [3.63, 3.8) is 0 Å². The molecule has 0 aromatic heterocycles. The van der Waals surface area contributed by atoms with Crippen LogP contribution in [0.25, 0.3) is 0 Å². The maximum Gasteiger partial charge on any atom is 0.411 e. The Morgan fingerprint density at radius 2 is 1.74 bits per heavy atom. The third kappa shape index (κ3) is 7.69. The lowest BCUT2D eigenvalue weighted by molar-refractivity contribution is -0.174. The fourth-order valence-electron chi connectivity index (χ4n) is 1.42. The van der Waals surface area contributed by atoms with Crippen molar-refractivity contribution in [2.45, 2.75) is 19.0 Å². The second kappa shape index (κ2) is 8.01. The average Bonchev–Trinajstić information content (AvgIpc) is 2.35. The van der Waals surface area contributed by atoms with Gasteiger partial charge < -0.3 is 14.6 Å².